The molecule has 0 aliphatic carbocycles. The molecule has 0 saturated carbocycles. The second kappa shape index (κ2) is 25.1. The van der Waals surface area contributed by atoms with Gasteiger partial charge in [-0.2, -0.15) is 0 Å². The normalized spacial score (nSPS) is 12.2. The van der Waals surface area contributed by atoms with Crippen molar-refractivity contribution in [2.45, 2.75) is 137 Å². The van der Waals surface area contributed by atoms with Gasteiger partial charge in [-0.15, -0.1) is 0 Å². The van der Waals surface area contributed by atoms with Crippen LogP contribution in [0.25, 0.3) is 0 Å². The van der Waals surface area contributed by atoms with E-state index >= 15 is 0 Å². The average molecular weight is 495 g/mol. The first kappa shape index (κ1) is 33.0. The molecular formula is C26H55O6P. The van der Waals surface area contributed by atoms with Crippen LogP contribution in [-0.4, -0.2) is 39.3 Å². The van der Waals surface area contributed by atoms with E-state index in [9.17, 15) is 4.57 Å². The van der Waals surface area contributed by atoms with Crippen molar-refractivity contribution in [2.75, 3.05) is 33.0 Å². The van der Waals surface area contributed by atoms with Crippen LogP contribution in [0, 0.1) is 0 Å². The number of ether oxygens (including phenoxy) is 2. The summed E-state index contributed by atoms with van der Waals surface area (Å²) in [4.78, 5) is 0. The number of unbranched alkanes of at least 4 members (excludes halogenated alkanes) is 12. The largest absolute Gasteiger partial charge is 0.474 e. The first-order chi connectivity index (χ1) is 16.1. The standard InChI is InChI=1S/C26H55O6P/c1-5-9-13-15-17-19-23-30-33(27,31-24-20-18-16-14-10-6-2)32-25-26(28-21-11-7-3)29-22-12-8-4/h26H,5-25H2,1-4H3. The molecule has 0 N–H and O–H groups in total. The van der Waals surface area contributed by atoms with Crippen LogP contribution < -0.4 is 0 Å². The average Bonchev–Trinajstić information content (AvgIpc) is 2.81. The summed E-state index contributed by atoms with van der Waals surface area (Å²) in [5.41, 5.74) is 0. The molecular weight excluding hydrogens is 439 g/mol. The van der Waals surface area contributed by atoms with E-state index in [1.165, 1.54) is 51.4 Å². The quantitative estimate of drug-likeness (QED) is 0.0645. The van der Waals surface area contributed by atoms with E-state index in [1.807, 2.05) is 0 Å². The van der Waals surface area contributed by atoms with E-state index < -0.39 is 14.1 Å². The van der Waals surface area contributed by atoms with Crippen LogP contribution in [0.3, 0.4) is 0 Å². The number of rotatable bonds is 27. The molecule has 7 heteroatoms. The van der Waals surface area contributed by atoms with Crippen LogP contribution in [0.4, 0.5) is 0 Å². The number of hydrogen-bond donors (Lipinski definition) is 0. The predicted octanol–water partition coefficient (Wildman–Crippen LogP) is 8.82. The highest BCUT2D eigenvalue weighted by molar-refractivity contribution is 7.48. The topological polar surface area (TPSA) is 63.2 Å². The molecule has 0 rings (SSSR count). The molecule has 0 spiro atoms. The Morgan fingerprint density at radius 3 is 1.30 bits per heavy atom. The monoisotopic (exact) mass is 494 g/mol. The van der Waals surface area contributed by atoms with Crippen LogP contribution in [0.2, 0.25) is 0 Å². The fraction of sp³-hybridized carbons (Fsp3) is 1.00. The zero-order chi connectivity index (χ0) is 24.5. The van der Waals surface area contributed by atoms with E-state index in [-0.39, 0.29) is 6.61 Å². The Labute approximate surface area is 205 Å². The molecule has 0 aliphatic rings. The number of phosphoric acid groups is 1. The summed E-state index contributed by atoms with van der Waals surface area (Å²) >= 11 is 0. The van der Waals surface area contributed by atoms with Gasteiger partial charge in [0, 0.05) is 13.2 Å². The maximum Gasteiger partial charge on any atom is 0.474 e. The summed E-state index contributed by atoms with van der Waals surface area (Å²) in [7, 11) is -3.63. The second-order valence-corrected chi connectivity index (χ2v) is 10.5. The van der Waals surface area contributed by atoms with E-state index in [2.05, 4.69) is 27.7 Å². The van der Waals surface area contributed by atoms with Crippen molar-refractivity contribution in [2.24, 2.45) is 0 Å². The maximum atomic E-state index is 13.3. The molecule has 0 radical (unpaired) electrons. The van der Waals surface area contributed by atoms with Crippen molar-refractivity contribution in [3.8, 4) is 0 Å². The molecule has 0 aliphatic heterocycles. The van der Waals surface area contributed by atoms with Crippen LogP contribution in [-0.2, 0) is 27.6 Å². The molecule has 0 heterocycles. The smallest absolute Gasteiger partial charge is 0.350 e. The molecule has 0 aromatic carbocycles. The number of hydrogen-bond acceptors (Lipinski definition) is 6. The Kier molecular flexibility index (Phi) is 25.2. The van der Waals surface area contributed by atoms with Gasteiger partial charge >= 0.3 is 7.82 Å². The van der Waals surface area contributed by atoms with E-state index in [1.54, 1.807) is 0 Å². The van der Waals surface area contributed by atoms with E-state index in [0.29, 0.717) is 26.4 Å². The fourth-order valence-corrected chi connectivity index (χ4v) is 4.48. The Hall–Kier alpha value is 0.0300. The highest BCUT2D eigenvalue weighted by Gasteiger charge is 2.28. The van der Waals surface area contributed by atoms with Gasteiger partial charge in [-0.25, -0.2) is 4.57 Å². The summed E-state index contributed by atoms with van der Waals surface area (Å²) < 4.78 is 42.0. The Bertz CT molecular complexity index is 403. The van der Waals surface area contributed by atoms with Gasteiger partial charge in [-0.3, -0.25) is 13.6 Å². The van der Waals surface area contributed by atoms with Crippen molar-refractivity contribution in [3.05, 3.63) is 0 Å². The lowest BCUT2D eigenvalue weighted by molar-refractivity contribution is -0.162. The lowest BCUT2D eigenvalue weighted by Gasteiger charge is -2.22. The Morgan fingerprint density at radius 2 is 0.879 bits per heavy atom. The third kappa shape index (κ3) is 22.3. The van der Waals surface area contributed by atoms with Gasteiger partial charge in [0.15, 0.2) is 6.29 Å². The highest BCUT2D eigenvalue weighted by atomic mass is 31.2. The molecule has 200 valence electrons. The van der Waals surface area contributed by atoms with Gasteiger partial charge in [-0.1, -0.05) is 105 Å². The van der Waals surface area contributed by atoms with Crippen LogP contribution in [0.15, 0.2) is 0 Å². The lowest BCUT2D eigenvalue weighted by Crippen LogP contribution is -2.24. The molecule has 0 unspecified atom stereocenters. The summed E-state index contributed by atoms with van der Waals surface area (Å²) in [6.45, 7) is 10.7. The van der Waals surface area contributed by atoms with Gasteiger partial charge < -0.3 is 9.47 Å². The van der Waals surface area contributed by atoms with Crippen molar-refractivity contribution < 1.29 is 27.6 Å². The van der Waals surface area contributed by atoms with Crippen molar-refractivity contribution in [1.82, 2.24) is 0 Å². The summed E-state index contributed by atoms with van der Waals surface area (Å²) in [6.07, 6.45) is 17.1. The molecule has 0 bridgehead atoms. The Morgan fingerprint density at radius 1 is 0.485 bits per heavy atom. The van der Waals surface area contributed by atoms with E-state index in [0.717, 1.165) is 51.4 Å². The molecule has 0 amide bonds. The molecule has 0 saturated heterocycles. The second-order valence-electron chi connectivity index (χ2n) is 8.82. The Balaban J connectivity index is 4.58. The van der Waals surface area contributed by atoms with Gasteiger partial charge in [0.2, 0.25) is 0 Å². The SMILES string of the molecule is CCCCCCCCOP(=O)(OCCCCCCCC)OCC(OCCCC)OCCCC. The lowest BCUT2D eigenvalue weighted by atomic mass is 10.1. The fourth-order valence-electron chi connectivity index (χ4n) is 3.24. The molecule has 6 nitrogen and oxygen atoms in total. The van der Waals surface area contributed by atoms with Crippen LogP contribution in [0.1, 0.15) is 130 Å². The van der Waals surface area contributed by atoms with Crippen LogP contribution >= 0.6 is 7.82 Å². The zero-order valence-corrected chi connectivity index (χ0v) is 23.2. The van der Waals surface area contributed by atoms with Gasteiger partial charge in [0.05, 0.1) is 13.2 Å². The van der Waals surface area contributed by atoms with Crippen molar-refractivity contribution >= 4 is 7.82 Å². The summed E-state index contributed by atoms with van der Waals surface area (Å²) in [5.74, 6) is 0. The first-order valence-electron chi connectivity index (χ1n) is 13.9. The summed E-state index contributed by atoms with van der Waals surface area (Å²) in [5, 5.41) is 0. The van der Waals surface area contributed by atoms with Gasteiger partial charge in [0.1, 0.15) is 6.61 Å². The third-order valence-electron chi connectivity index (χ3n) is 5.47. The minimum atomic E-state index is -3.63. The van der Waals surface area contributed by atoms with Crippen molar-refractivity contribution in [3.63, 3.8) is 0 Å². The minimum Gasteiger partial charge on any atom is -0.350 e. The maximum absolute atomic E-state index is 13.3. The zero-order valence-electron chi connectivity index (χ0n) is 22.3. The minimum absolute atomic E-state index is 0.0533. The first-order valence-corrected chi connectivity index (χ1v) is 15.3. The van der Waals surface area contributed by atoms with Crippen LogP contribution in [0.5, 0.6) is 0 Å². The third-order valence-corrected chi connectivity index (χ3v) is 6.93. The predicted molar refractivity (Wildman–Crippen MR) is 138 cm³/mol. The molecule has 0 aromatic rings. The van der Waals surface area contributed by atoms with Crippen molar-refractivity contribution in [1.29, 1.82) is 0 Å². The molecule has 0 atom stereocenters. The van der Waals surface area contributed by atoms with Gasteiger partial charge in [-0.05, 0) is 25.7 Å². The highest BCUT2D eigenvalue weighted by Crippen LogP contribution is 2.50. The molecule has 0 fully saturated rings. The van der Waals surface area contributed by atoms with E-state index in [4.69, 9.17) is 23.0 Å². The molecule has 33 heavy (non-hydrogen) atoms. The molecule has 0 aromatic heterocycles. The summed E-state index contributed by atoms with van der Waals surface area (Å²) in [6, 6.07) is 0. The number of phosphoric ester groups is 1. The van der Waals surface area contributed by atoms with Gasteiger partial charge in [0.25, 0.3) is 0 Å².